The van der Waals surface area contributed by atoms with E-state index in [1.165, 1.54) is 22.7 Å². The maximum absolute atomic E-state index is 12.5. The summed E-state index contributed by atoms with van der Waals surface area (Å²) >= 11 is 2.75. The molecule has 0 aliphatic carbocycles. The van der Waals surface area contributed by atoms with E-state index in [9.17, 15) is 4.79 Å². The minimum Gasteiger partial charge on any atom is -0.493 e. The van der Waals surface area contributed by atoms with E-state index < -0.39 is 0 Å². The van der Waals surface area contributed by atoms with Gasteiger partial charge in [-0.25, -0.2) is 4.98 Å². The molecule has 0 aliphatic rings. The zero-order valence-electron chi connectivity index (χ0n) is 14.3. The second-order valence-electron chi connectivity index (χ2n) is 5.22. The maximum Gasteiger partial charge on any atom is 0.291 e. The first kappa shape index (κ1) is 17.4. The minimum atomic E-state index is -0.278. The summed E-state index contributed by atoms with van der Waals surface area (Å²) in [6.45, 7) is 1.82. The number of aryl methyl sites for hydroxylation is 2. The van der Waals surface area contributed by atoms with Gasteiger partial charge in [-0.2, -0.15) is 4.99 Å². The molecule has 0 atom stereocenters. The van der Waals surface area contributed by atoms with Gasteiger partial charge in [0, 0.05) is 24.2 Å². The van der Waals surface area contributed by atoms with E-state index in [0.717, 1.165) is 10.6 Å². The van der Waals surface area contributed by atoms with Gasteiger partial charge in [0.25, 0.3) is 5.91 Å². The summed E-state index contributed by atoms with van der Waals surface area (Å²) in [6.07, 6.45) is 1.87. The number of ether oxygens (including phenoxy) is 2. The highest BCUT2D eigenvalue weighted by Gasteiger charge is 2.17. The summed E-state index contributed by atoms with van der Waals surface area (Å²) in [5.41, 5.74) is 1.54. The molecule has 2 heterocycles. The first-order valence-electron chi connectivity index (χ1n) is 7.42. The molecule has 1 amide bonds. The smallest absolute Gasteiger partial charge is 0.291 e. The largest absolute Gasteiger partial charge is 0.493 e. The molecule has 0 saturated heterocycles. The Labute approximate surface area is 153 Å². The van der Waals surface area contributed by atoms with Crippen molar-refractivity contribution < 1.29 is 14.3 Å². The first-order chi connectivity index (χ1) is 12.0. The molecule has 0 spiro atoms. The lowest BCUT2D eigenvalue weighted by Crippen LogP contribution is -2.12. The Bertz CT molecular complexity index is 985. The predicted molar refractivity (Wildman–Crippen MR) is 98.6 cm³/mol. The Balaban J connectivity index is 1.98. The van der Waals surface area contributed by atoms with Crippen LogP contribution in [0.25, 0.3) is 10.6 Å². The van der Waals surface area contributed by atoms with Gasteiger partial charge >= 0.3 is 0 Å². The van der Waals surface area contributed by atoms with Crippen molar-refractivity contribution in [2.24, 2.45) is 12.0 Å². The number of amides is 1. The van der Waals surface area contributed by atoms with Crippen molar-refractivity contribution in [3.8, 4) is 22.1 Å². The molecule has 0 saturated carbocycles. The van der Waals surface area contributed by atoms with Crippen LogP contribution in [0, 0.1) is 6.92 Å². The Hall–Kier alpha value is -2.45. The van der Waals surface area contributed by atoms with Gasteiger partial charge in [-0.05, 0) is 25.1 Å². The van der Waals surface area contributed by atoms with Crippen LogP contribution in [0.4, 0.5) is 0 Å². The van der Waals surface area contributed by atoms with Crippen LogP contribution in [-0.2, 0) is 7.05 Å². The Morgan fingerprint density at radius 3 is 2.64 bits per heavy atom. The normalized spacial score (nSPS) is 11.6. The molecule has 0 unspecified atom stereocenters. The highest BCUT2D eigenvalue weighted by atomic mass is 32.1. The average molecular weight is 375 g/mol. The molecular weight excluding hydrogens is 358 g/mol. The van der Waals surface area contributed by atoms with Gasteiger partial charge in [0.05, 0.1) is 19.9 Å². The highest BCUT2D eigenvalue weighted by Crippen LogP contribution is 2.35. The van der Waals surface area contributed by atoms with Crippen molar-refractivity contribution in [2.75, 3.05) is 14.2 Å². The molecular formula is C17H17N3O3S2. The average Bonchev–Trinajstić information content (AvgIpc) is 3.20. The number of carbonyl (C=O) groups is 1. The topological polar surface area (TPSA) is 65.7 Å². The third-order valence-electron chi connectivity index (χ3n) is 3.58. The van der Waals surface area contributed by atoms with Gasteiger partial charge in [0.1, 0.15) is 9.88 Å². The van der Waals surface area contributed by atoms with Crippen molar-refractivity contribution in [3.05, 3.63) is 45.1 Å². The van der Waals surface area contributed by atoms with Crippen LogP contribution in [0.5, 0.6) is 11.5 Å². The van der Waals surface area contributed by atoms with Gasteiger partial charge in [0.2, 0.25) is 0 Å². The van der Waals surface area contributed by atoms with Crippen LogP contribution in [0.15, 0.2) is 34.8 Å². The monoisotopic (exact) mass is 375 g/mol. The fraction of sp³-hybridized carbons (Fsp3) is 0.235. The van der Waals surface area contributed by atoms with Crippen molar-refractivity contribution in [2.45, 2.75) is 6.92 Å². The Morgan fingerprint density at radius 1 is 1.24 bits per heavy atom. The Morgan fingerprint density at radius 2 is 2.00 bits per heavy atom. The number of thiazole rings is 2. The standard InChI is InChI=1S/C17H17N3O3S2/c1-10-14(15(21)19-17-20(2)7-8-24-17)25-16(18-10)11-5-6-12(22-3)13(9-11)23-4/h5-9H,1-4H3. The van der Waals surface area contributed by atoms with E-state index >= 15 is 0 Å². The summed E-state index contributed by atoms with van der Waals surface area (Å²) in [7, 11) is 5.04. The maximum atomic E-state index is 12.5. The molecule has 6 nitrogen and oxygen atoms in total. The minimum absolute atomic E-state index is 0.278. The molecule has 0 fully saturated rings. The molecule has 1 aromatic carbocycles. The lowest BCUT2D eigenvalue weighted by atomic mass is 10.2. The summed E-state index contributed by atoms with van der Waals surface area (Å²) in [5.74, 6) is 0.992. The fourth-order valence-electron chi connectivity index (χ4n) is 2.26. The lowest BCUT2D eigenvalue weighted by molar-refractivity contribution is 0.100. The zero-order valence-corrected chi connectivity index (χ0v) is 15.9. The molecule has 3 aromatic rings. The fourth-order valence-corrected chi connectivity index (χ4v) is 3.93. The SMILES string of the molecule is COc1ccc(-c2nc(C)c(C(=O)N=c3sccn3C)s2)cc1OC. The predicted octanol–water partition coefficient (Wildman–Crippen LogP) is 3.28. The van der Waals surface area contributed by atoms with Crippen molar-refractivity contribution in [1.29, 1.82) is 0 Å². The van der Waals surface area contributed by atoms with Crippen LogP contribution in [0.1, 0.15) is 15.4 Å². The number of hydrogen-bond donors (Lipinski definition) is 0. The third kappa shape index (κ3) is 3.49. The van der Waals surface area contributed by atoms with Gasteiger partial charge in [-0.1, -0.05) is 0 Å². The van der Waals surface area contributed by atoms with E-state index in [0.29, 0.717) is 26.9 Å². The van der Waals surface area contributed by atoms with E-state index in [1.807, 2.05) is 48.3 Å². The summed E-state index contributed by atoms with van der Waals surface area (Å²) in [5, 5.41) is 2.63. The number of carbonyl (C=O) groups excluding carboxylic acids is 1. The highest BCUT2D eigenvalue weighted by molar-refractivity contribution is 7.17. The van der Waals surface area contributed by atoms with Crippen LogP contribution in [0.2, 0.25) is 0 Å². The molecule has 8 heteroatoms. The number of hydrogen-bond acceptors (Lipinski definition) is 6. The Kier molecular flexibility index (Phi) is 5.00. The quantitative estimate of drug-likeness (QED) is 0.702. The van der Waals surface area contributed by atoms with E-state index in [-0.39, 0.29) is 5.91 Å². The third-order valence-corrected chi connectivity index (χ3v) is 5.62. The van der Waals surface area contributed by atoms with Crippen LogP contribution in [-0.4, -0.2) is 29.7 Å². The summed E-state index contributed by atoms with van der Waals surface area (Å²) < 4.78 is 12.4. The first-order valence-corrected chi connectivity index (χ1v) is 9.12. The van der Waals surface area contributed by atoms with E-state index in [2.05, 4.69) is 9.98 Å². The van der Waals surface area contributed by atoms with Crippen LogP contribution in [0.3, 0.4) is 0 Å². The van der Waals surface area contributed by atoms with Crippen molar-refractivity contribution in [3.63, 3.8) is 0 Å². The molecule has 0 N–H and O–H groups in total. The number of benzene rings is 1. The number of methoxy groups -OCH3 is 2. The van der Waals surface area contributed by atoms with E-state index in [4.69, 9.17) is 9.47 Å². The molecule has 2 aromatic heterocycles. The van der Waals surface area contributed by atoms with Crippen LogP contribution >= 0.6 is 22.7 Å². The molecule has 0 bridgehead atoms. The molecule has 130 valence electrons. The van der Waals surface area contributed by atoms with Gasteiger partial charge in [-0.3, -0.25) is 4.79 Å². The number of rotatable bonds is 4. The summed E-state index contributed by atoms with van der Waals surface area (Å²) in [4.78, 5) is 22.4. The van der Waals surface area contributed by atoms with Crippen molar-refractivity contribution >= 4 is 28.6 Å². The molecule has 0 radical (unpaired) electrons. The van der Waals surface area contributed by atoms with Gasteiger partial charge in [-0.15, -0.1) is 22.7 Å². The summed E-state index contributed by atoms with van der Waals surface area (Å²) in [6, 6.07) is 5.56. The zero-order chi connectivity index (χ0) is 18.0. The number of aromatic nitrogens is 2. The molecule has 25 heavy (non-hydrogen) atoms. The second kappa shape index (κ2) is 7.20. The molecule has 0 aliphatic heterocycles. The van der Waals surface area contributed by atoms with Crippen LogP contribution < -0.4 is 14.3 Å². The lowest BCUT2D eigenvalue weighted by Gasteiger charge is -2.08. The van der Waals surface area contributed by atoms with Gasteiger partial charge < -0.3 is 14.0 Å². The van der Waals surface area contributed by atoms with Gasteiger partial charge in [0.15, 0.2) is 16.3 Å². The second-order valence-corrected chi connectivity index (χ2v) is 7.09. The molecule has 3 rings (SSSR count). The van der Waals surface area contributed by atoms with Crippen molar-refractivity contribution in [1.82, 2.24) is 9.55 Å². The number of nitrogens with zero attached hydrogens (tertiary/aromatic N) is 3. The van der Waals surface area contributed by atoms with E-state index in [1.54, 1.807) is 14.2 Å².